The van der Waals surface area contributed by atoms with E-state index >= 15 is 0 Å². The van der Waals surface area contributed by atoms with Gasteiger partial charge in [0.1, 0.15) is 0 Å². The summed E-state index contributed by atoms with van der Waals surface area (Å²) in [7, 11) is 2.16. The largest absolute Gasteiger partial charge is 0.347 e. The van der Waals surface area contributed by atoms with Gasteiger partial charge >= 0.3 is 0 Å². The minimum Gasteiger partial charge on any atom is -0.347 e. The first-order valence-electron chi connectivity index (χ1n) is 10.3. The predicted octanol–water partition coefficient (Wildman–Crippen LogP) is 5.26. The van der Waals surface area contributed by atoms with E-state index in [0.717, 1.165) is 50.8 Å². The van der Waals surface area contributed by atoms with Gasteiger partial charge in [-0.3, -0.25) is 0 Å². The van der Waals surface area contributed by atoms with Crippen molar-refractivity contribution in [1.82, 2.24) is 4.90 Å². The zero-order chi connectivity index (χ0) is 18.7. The van der Waals surface area contributed by atoms with E-state index in [1.54, 1.807) is 0 Å². The van der Waals surface area contributed by atoms with Crippen molar-refractivity contribution in [3.63, 3.8) is 0 Å². The summed E-state index contributed by atoms with van der Waals surface area (Å²) in [5, 5.41) is 0. The summed E-state index contributed by atoms with van der Waals surface area (Å²) in [5.41, 5.74) is 1.64. The van der Waals surface area contributed by atoms with Crippen LogP contribution in [-0.4, -0.2) is 43.5 Å². The number of hydrogen-bond acceptors (Lipinski definition) is 3. The molecule has 0 amide bonds. The molecular weight excluding hydrogens is 310 g/mol. The molecule has 1 heterocycles. The standard InChI is InChI=1S/C22H41NO2/c1-17(2)14-21(5,6)19-8-11-22(12-9-19)24-16-20(25-22)10-13-23(7)15-18(3)4/h17,19-20H,3,8-16H2,1-2,4-7H3. The molecule has 1 spiro atoms. The summed E-state index contributed by atoms with van der Waals surface area (Å²) in [6, 6.07) is 0. The molecule has 25 heavy (non-hydrogen) atoms. The van der Waals surface area contributed by atoms with Crippen molar-refractivity contribution >= 4 is 0 Å². The summed E-state index contributed by atoms with van der Waals surface area (Å²) in [5.74, 6) is 1.29. The molecule has 0 bridgehead atoms. The second-order valence-electron chi connectivity index (χ2n) is 9.81. The molecule has 146 valence electrons. The highest BCUT2D eigenvalue weighted by Gasteiger charge is 2.46. The smallest absolute Gasteiger partial charge is 0.168 e. The van der Waals surface area contributed by atoms with Crippen LogP contribution in [-0.2, 0) is 9.47 Å². The molecule has 3 nitrogen and oxygen atoms in total. The van der Waals surface area contributed by atoms with E-state index in [0.29, 0.717) is 5.41 Å². The van der Waals surface area contributed by atoms with E-state index in [-0.39, 0.29) is 11.9 Å². The number of hydrogen-bond donors (Lipinski definition) is 0. The second kappa shape index (κ2) is 8.54. The Hall–Kier alpha value is -0.380. The molecule has 2 rings (SSSR count). The number of likely N-dealkylation sites (N-methyl/N-ethyl adjacent to an activating group) is 1. The average Bonchev–Trinajstić information content (AvgIpc) is 2.86. The Kier molecular flexibility index (Phi) is 7.15. The van der Waals surface area contributed by atoms with Crippen LogP contribution in [0, 0.1) is 17.3 Å². The summed E-state index contributed by atoms with van der Waals surface area (Å²) >= 11 is 0. The van der Waals surface area contributed by atoms with Crippen molar-refractivity contribution < 1.29 is 9.47 Å². The van der Waals surface area contributed by atoms with Crippen molar-refractivity contribution in [2.75, 3.05) is 26.7 Å². The number of nitrogens with zero attached hydrogens (tertiary/aromatic N) is 1. The average molecular weight is 352 g/mol. The fraction of sp³-hybridized carbons (Fsp3) is 0.909. The van der Waals surface area contributed by atoms with Crippen LogP contribution in [0.1, 0.15) is 73.1 Å². The number of rotatable bonds is 8. The van der Waals surface area contributed by atoms with Crippen LogP contribution in [0.4, 0.5) is 0 Å². The Bertz CT molecular complexity index is 435. The SMILES string of the molecule is C=C(C)CN(C)CCC1COC2(CCC(C(C)(C)CC(C)C)CC2)O1. The summed E-state index contributed by atoms with van der Waals surface area (Å²) in [4.78, 5) is 2.32. The topological polar surface area (TPSA) is 21.7 Å². The molecule has 2 fully saturated rings. The first-order valence-corrected chi connectivity index (χ1v) is 10.3. The molecule has 0 radical (unpaired) electrons. The van der Waals surface area contributed by atoms with Crippen LogP contribution in [0.5, 0.6) is 0 Å². The monoisotopic (exact) mass is 351 g/mol. The molecule has 1 atom stereocenters. The fourth-order valence-corrected chi connectivity index (χ4v) is 4.98. The minimum atomic E-state index is -0.276. The molecular formula is C22H41NO2. The maximum atomic E-state index is 6.42. The van der Waals surface area contributed by atoms with Crippen LogP contribution < -0.4 is 0 Å². The molecule has 3 heteroatoms. The molecule has 0 aromatic heterocycles. The molecule has 1 saturated carbocycles. The van der Waals surface area contributed by atoms with Crippen LogP contribution in [0.2, 0.25) is 0 Å². The quantitative estimate of drug-likeness (QED) is 0.557. The van der Waals surface area contributed by atoms with Gasteiger partial charge in [-0.1, -0.05) is 39.8 Å². The van der Waals surface area contributed by atoms with E-state index in [2.05, 4.69) is 53.1 Å². The van der Waals surface area contributed by atoms with Gasteiger partial charge < -0.3 is 14.4 Å². The van der Waals surface area contributed by atoms with E-state index in [9.17, 15) is 0 Å². The van der Waals surface area contributed by atoms with Crippen LogP contribution in [0.25, 0.3) is 0 Å². The zero-order valence-corrected chi connectivity index (χ0v) is 17.6. The van der Waals surface area contributed by atoms with Gasteiger partial charge in [0.05, 0.1) is 12.7 Å². The van der Waals surface area contributed by atoms with Crippen LogP contribution in [0.15, 0.2) is 12.2 Å². The van der Waals surface area contributed by atoms with Crippen molar-refractivity contribution in [3.8, 4) is 0 Å². The van der Waals surface area contributed by atoms with Crippen LogP contribution >= 0.6 is 0 Å². The van der Waals surface area contributed by atoms with Gasteiger partial charge in [0.15, 0.2) is 5.79 Å². The number of ether oxygens (including phenoxy) is 2. The maximum absolute atomic E-state index is 6.42. The third-order valence-corrected chi connectivity index (χ3v) is 6.07. The van der Waals surface area contributed by atoms with Gasteiger partial charge in [-0.05, 0) is 56.9 Å². The lowest BCUT2D eigenvalue weighted by Crippen LogP contribution is -2.40. The van der Waals surface area contributed by atoms with Gasteiger partial charge in [0.25, 0.3) is 0 Å². The Morgan fingerprint density at radius 2 is 1.92 bits per heavy atom. The second-order valence-corrected chi connectivity index (χ2v) is 9.81. The first kappa shape index (κ1) is 20.9. The lowest BCUT2D eigenvalue weighted by atomic mass is 9.66. The highest BCUT2D eigenvalue weighted by atomic mass is 16.7. The Balaban J connectivity index is 1.77. The van der Waals surface area contributed by atoms with Crippen LogP contribution in [0.3, 0.4) is 0 Å². The van der Waals surface area contributed by atoms with Gasteiger partial charge in [-0.15, -0.1) is 0 Å². The summed E-state index contributed by atoms with van der Waals surface area (Å²) < 4.78 is 12.6. The molecule has 1 aliphatic carbocycles. The molecule has 0 aromatic carbocycles. The van der Waals surface area contributed by atoms with Crippen molar-refractivity contribution in [3.05, 3.63) is 12.2 Å². The van der Waals surface area contributed by atoms with Gasteiger partial charge in [-0.25, -0.2) is 0 Å². The minimum absolute atomic E-state index is 0.257. The summed E-state index contributed by atoms with van der Waals surface area (Å²) in [6.07, 6.45) is 7.23. The van der Waals surface area contributed by atoms with Gasteiger partial charge in [0.2, 0.25) is 0 Å². The van der Waals surface area contributed by atoms with E-state index < -0.39 is 0 Å². The molecule has 2 aliphatic rings. The normalized spacial score (nSPS) is 30.6. The Morgan fingerprint density at radius 3 is 2.48 bits per heavy atom. The van der Waals surface area contributed by atoms with E-state index in [4.69, 9.17) is 9.47 Å². The Labute approximate surface area is 156 Å². The van der Waals surface area contributed by atoms with E-state index in [1.165, 1.54) is 24.8 Å². The molecule has 1 unspecified atom stereocenters. The fourth-order valence-electron chi connectivity index (χ4n) is 4.98. The highest BCUT2D eigenvalue weighted by Crippen LogP contribution is 2.48. The van der Waals surface area contributed by atoms with Crippen molar-refractivity contribution in [2.24, 2.45) is 17.3 Å². The predicted molar refractivity (Wildman–Crippen MR) is 106 cm³/mol. The van der Waals surface area contributed by atoms with Gasteiger partial charge in [-0.2, -0.15) is 0 Å². The third kappa shape index (κ3) is 6.08. The molecule has 0 aromatic rings. The third-order valence-electron chi connectivity index (χ3n) is 6.07. The molecule has 1 saturated heterocycles. The van der Waals surface area contributed by atoms with Crippen molar-refractivity contribution in [2.45, 2.75) is 85.0 Å². The Morgan fingerprint density at radius 1 is 1.28 bits per heavy atom. The first-order chi connectivity index (χ1) is 11.6. The van der Waals surface area contributed by atoms with Gasteiger partial charge in [0, 0.05) is 25.9 Å². The summed E-state index contributed by atoms with van der Waals surface area (Å²) in [6.45, 7) is 18.4. The molecule has 0 N–H and O–H groups in total. The molecule has 1 aliphatic heterocycles. The lowest BCUT2D eigenvalue weighted by molar-refractivity contribution is -0.198. The van der Waals surface area contributed by atoms with E-state index in [1.807, 2.05) is 0 Å². The van der Waals surface area contributed by atoms with Crippen molar-refractivity contribution in [1.29, 1.82) is 0 Å². The zero-order valence-electron chi connectivity index (χ0n) is 17.6. The lowest BCUT2D eigenvalue weighted by Gasteiger charge is -2.43. The maximum Gasteiger partial charge on any atom is 0.168 e. The highest BCUT2D eigenvalue weighted by molar-refractivity contribution is 4.92.